The summed E-state index contributed by atoms with van der Waals surface area (Å²) < 4.78 is 10.5. The van der Waals surface area contributed by atoms with Crippen LogP contribution in [0.2, 0.25) is 0 Å². The maximum atomic E-state index is 5.28. The van der Waals surface area contributed by atoms with E-state index in [1.54, 1.807) is 14.2 Å². The van der Waals surface area contributed by atoms with Crippen molar-refractivity contribution < 1.29 is 9.47 Å². The van der Waals surface area contributed by atoms with Crippen LogP contribution in [0.15, 0.2) is 54.6 Å². The van der Waals surface area contributed by atoms with Crippen molar-refractivity contribution in [2.75, 3.05) is 19.5 Å². The zero-order chi connectivity index (χ0) is 17.6. The van der Waals surface area contributed by atoms with Gasteiger partial charge < -0.3 is 14.8 Å². The molecule has 0 aliphatic carbocycles. The molecule has 0 saturated carbocycles. The number of aromatic nitrogens is 2. The molecule has 0 radical (unpaired) electrons. The van der Waals surface area contributed by atoms with Crippen LogP contribution in [-0.2, 0) is 6.54 Å². The average molecular weight is 335 g/mol. The molecule has 5 heteroatoms. The number of ether oxygens (including phenoxy) is 2. The molecule has 25 heavy (non-hydrogen) atoms. The van der Waals surface area contributed by atoms with Gasteiger partial charge in [0.25, 0.3) is 0 Å². The molecule has 0 unspecified atom stereocenters. The predicted molar refractivity (Wildman–Crippen MR) is 99.1 cm³/mol. The Labute approximate surface area is 147 Å². The maximum absolute atomic E-state index is 5.28. The van der Waals surface area contributed by atoms with Crippen molar-refractivity contribution in [3.63, 3.8) is 0 Å². The van der Waals surface area contributed by atoms with Gasteiger partial charge in [-0.2, -0.15) is 0 Å². The normalized spacial score (nSPS) is 10.4. The van der Waals surface area contributed by atoms with Gasteiger partial charge >= 0.3 is 0 Å². The van der Waals surface area contributed by atoms with E-state index in [9.17, 15) is 0 Å². The van der Waals surface area contributed by atoms with Gasteiger partial charge in [0, 0.05) is 23.9 Å². The summed E-state index contributed by atoms with van der Waals surface area (Å²) in [5.74, 6) is 3.11. The summed E-state index contributed by atoms with van der Waals surface area (Å²) in [7, 11) is 3.31. The van der Waals surface area contributed by atoms with Gasteiger partial charge in [0.15, 0.2) is 5.82 Å². The molecule has 3 aromatic rings. The third-order valence-corrected chi connectivity index (χ3v) is 3.81. The third-order valence-electron chi connectivity index (χ3n) is 3.81. The van der Waals surface area contributed by atoms with E-state index in [0.717, 1.165) is 34.1 Å². The monoisotopic (exact) mass is 335 g/mol. The van der Waals surface area contributed by atoms with Crippen LogP contribution in [0.3, 0.4) is 0 Å². The van der Waals surface area contributed by atoms with Gasteiger partial charge in [-0.05, 0) is 36.8 Å². The molecule has 1 aromatic heterocycles. The van der Waals surface area contributed by atoms with Crippen molar-refractivity contribution in [3.8, 4) is 22.9 Å². The Bertz CT molecular complexity index is 848. The van der Waals surface area contributed by atoms with Crippen LogP contribution in [0.25, 0.3) is 11.4 Å². The highest BCUT2D eigenvalue weighted by atomic mass is 16.5. The van der Waals surface area contributed by atoms with Gasteiger partial charge in [-0.25, -0.2) is 9.97 Å². The van der Waals surface area contributed by atoms with E-state index in [1.165, 1.54) is 0 Å². The second-order valence-electron chi connectivity index (χ2n) is 5.65. The van der Waals surface area contributed by atoms with Crippen LogP contribution in [0.1, 0.15) is 11.3 Å². The summed E-state index contributed by atoms with van der Waals surface area (Å²) in [6.45, 7) is 2.64. The first-order valence-electron chi connectivity index (χ1n) is 8.05. The SMILES string of the molecule is COc1ccc(CNc2cc(C)nc(-c3cccc(OC)c3)n2)cc1. The lowest BCUT2D eigenvalue weighted by molar-refractivity contribution is 0.414. The number of methoxy groups -OCH3 is 2. The summed E-state index contributed by atoms with van der Waals surface area (Å²) in [4.78, 5) is 9.16. The molecular formula is C20H21N3O2. The van der Waals surface area contributed by atoms with E-state index in [2.05, 4.69) is 15.3 Å². The highest BCUT2D eigenvalue weighted by molar-refractivity contribution is 5.59. The van der Waals surface area contributed by atoms with Crippen LogP contribution in [0.5, 0.6) is 11.5 Å². The minimum Gasteiger partial charge on any atom is -0.497 e. The molecule has 0 bridgehead atoms. The Balaban J connectivity index is 1.78. The number of hydrogen-bond acceptors (Lipinski definition) is 5. The summed E-state index contributed by atoms with van der Waals surface area (Å²) in [5, 5.41) is 3.35. The van der Waals surface area contributed by atoms with Gasteiger partial charge in [-0.15, -0.1) is 0 Å². The molecule has 0 atom stereocenters. The van der Waals surface area contributed by atoms with E-state index < -0.39 is 0 Å². The van der Waals surface area contributed by atoms with Crippen LogP contribution in [0.4, 0.5) is 5.82 Å². The summed E-state index contributed by atoms with van der Waals surface area (Å²) in [5.41, 5.74) is 2.99. The minimum atomic E-state index is 0.677. The molecular weight excluding hydrogens is 314 g/mol. The fourth-order valence-corrected chi connectivity index (χ4v) is 2.49. The fourth-order valence-electron chi connectivity index (χ4n) is 2.49. The van der Waals surface area contributed by atoms with Gasteiger partial charge in [0.05, 0.1) is 14.2 Å². The second kappa shape index (κ2) is 7.66. The van der Waals surface area contributed by atoms with Crippen molar-refractivity contribution in [3.05, 3.63) is 65.9 Å². The quantitative estimate of drug-likeness (QED) is 0.735. The molecule has 2 aromatic carbocycles. The van der Waals surface area contributed by atoms with Gasteiger partial charge in [-0.3, -0.25) is 0 Å². The van der Waals surface area contributed by atoms with E-state index in [4.69, 9.17) is 9.47 Å². The molecule has 0 fully saturated rings. The first-order valence-corrected chi connectivity index (χ1v) is 8.05. The van der Waals surface area contributed by atoms with Crippen molar-refractivity contribution in [1.29, 1.82) is 0 Å². The van der Waals surface area contributed by atoms with Gasteiger partial charge in [-0.1, -0.05) is 24.3 Å². The van der Waals surface area contributed by atoms with E-state index in [-0.39, 0.29) is 0 Å². The van der Waals surface area contributed by atoms with Crippen LogP contribution in [-0.4, -0.2) is 24.2 Å². The Hall–Kier alpha value is -3.08. The molecule has 3 rings (SSSR count). The summed E-state index contributed by atoms with van der Waals surface area (Å²) in [6, 6.07) is 17.6. The smallest absolute Gasteiger partial charge is 0.161 e. The highest BCUT2D eigenvalue weighted by Gasteiger charge is 2.06. The van der Waals surface area contributed by atoms with Crippen LogP contribution < -0.4 is 14.8 Å². The number of rotatable bonds is 6. The molecule has 0 amide bonds. The Morgan fingerprint density at radius 1 is 0.880 bits per heavy atom. The summed E-state index contributed by atoms with van der Waals surface area (Å²) >= 11 is 0. The molecule has 0 aliphatic heterocycles. The lowest BCUT2D eigenvalue weighted by Crippen LogP contribution is -2.04. The minimum absolute atomic E-state index is 0.677. The van der Waals surface area contributed by atoms with Crippen molar-refractivity contribution in [2.24, 2.45) is 0 Å². The number of nitrogens with one attached hydrogen (secondary N) is 1. The number of anilines is 1. The van der Waals surface area contributed by atoms with E-state index in [0.29, 0.717) is 12.4 Å². The third kappa shape index (κ3) is 4.26. The van der Waals surface area contributed by atoms with Gasteiger partial charge in [0.2, 0.25) is 0 Å². The van der Waals surface area contributed by atoms with Crippen LogP contribution in [0, 0.1) is 6.92 Å². The average Bonchev–Trinajstić information content (AvgIpc) is 2.66. The maximum Gasteiger partial charge on any atom is 0.161 e. The first-order chi connectivity index (χ1) is 12.2. The standard InChI is InChI=1S/C20H21N3O2/c1-14-11-19(21-13-15-7-9-17(24-2)10-8-15)23-20(22-14)16-5-4-6-18(12-16)25-3/h4-12H,13H2,1-3H3,(H,21,22,23). The molecule has 0 aliphatic rings. The van der Waals surface area contributed by atoms with Crippen molar-refractivity contribution in [2.45, 2.75) is 13.5 Å². The Kier molecular flexibility index (Phi) is 5.14. The number of benzene rings is 2. The lowest BCUT2D eigenvalue weighted by Gasteiger charge is -2.10. The highest BCUT2D eigenvalue weighted by Crippen LogP contribution is 2.22. The topological polar surface area (TPSA) is 56.3 Å². The lowest BCUT2D eigenvalue weighted by atomic mass is 10.2. The Morgan fingerprint density at radius 2 is 1.64 bits per heavy atom. The van der Waals surface area contributed by atoms with Crippen molar-refractivity contribution in [1.82, 2.24) is 9.97 Å². The largest absolute Gasteiger partial charge is 0.497 e. The molecule has 1 heterocycles. The van der Waals surface area contributed by atoms with Crippen molar-refractivity contribution >= 4 is 5.82 Å². The zero-order valence-electron chi connectivity index (χ0n) is 14.6. The number of aryl methyl sites for hydroxylation is 1. The number of hydrogen-bond donors (Lipinski definition) is 1. The van der Waals surface area contributed by atoms with Gasteiger partial charge in [0.1, 0.15) is 17.3 Å². The van der Waals surface area contributed by atoms with Crippen LogP contribution >= 0.6 is 0 Å². The Morgan fingerprint density at radius 3 is 2.36 bits per heavy atom. The summed E-state index contributed by atoms with van der Waals surface area (Å²) in [6.07, 6.45) is 0. The molecule has 0 spiro atoms. The zero-order valence-corrected chi connectivity index (χ0v) is 14.6. The second-order valence-corrected chi connectivity index (χ2v) is 5.65. The van der Waals surface area contributed by atoms with E-state index >= 15 is 0 Å². The molecule has 128 valence electrons. The molecule has 5 nitrogen and oxygen atoms in total. The first kappa shape index (κ1) is 16.8. The molecule has 1 N–H and O–H groups in total. The molecule has 0 saturated heterocycles. The fraction of sp³-hybridized carbons (Fsp3) is 0.200. The number of nitrogens with zero attached hydrogens (tertiary/aromatic N) is 2. The van der Waals surface area contributed by atoms with E-state index in [1.807, 2.05) is 61.5 Å². The predicted octanol–water partition coefficient (Wildman–Crippen LogP) is 4.08.